The second-order valence-electron chi connectivity index (χ2n) is 3.73. The molecule has 0 fully saturated rings. The number of nitrogens with zero attached hydrogens (tertiary/aromatic N) is 3. The molecule has 0 unspecified atom stereocenters. The smallest absolute Gasteiger partial charge is 0.329 e. The van der Waals surface area contributed by atoms with Crippen molar-refractivity contribution in [2.24, 2.45) is 0 Å². The van der Waals surface area contributed by atoms with Crippen LogP contribution in [0.3, 0.4) is 0 Å². The number of hydrogen-bond donors (Lipinski definition) is 0. The summed E-state index contributed by atoms with van der Waals surface area (Å²) in [6.07, 6.45) is 1.57. The third kappa shape index (κ3) is 1.48. The fourth-order valence-corrected chi connectivity index (χ4v) is 1.55. The summed E-state index contributed by atoms with van der Waals surface area (Å²) in [6, 6.07) is 5.73. The summed E-state index contributed by atoms with van der Waals surface area (Å²) in [5, 5.41) is 0. The van der Waals surface area contributed by atoms with E-state index in [-0.39, 0.29) is 6.03 Å². The number of aromatic nitrogens is 2. The largest absolute Gasteiger partial charge is 0.330 e. The number of fused-ring (bicyclic) bond motifs is 1. The Hall–Kier alpha value is -1.84. The predicted octanol–water partition coefficient (Wildman–Crippen LogP) is 1.87. The van der Waals surface area contributed by atoms with E-state index in [0.29, 0.717) is 0 Å². The Balaban J connectivity index is 2.64. The van der Waals surface area contributed by atoms with Gasteiger partial charge in [-0.2, -0.15) is 0 Å². The lowest BCUT2D eigenvalue weighted by atomic mass is 10.2. The number of rotatable bonds is 0. The zero-order chi connectivity index (χ0) is 11.0. The fraction of sp³-hybridized carbons (Fsp3) is 0.273. The molecule has 4 nitrogen and oxygen atoms in total. The van der Waals surface area contributed by atoms with E-state index in [0.717, 1.165) is 16.6 Å². The van der Waals surface area contributed by atoms with Gasteiger partial charge in [-0.05, 0) is 18.6 Å². The van der Waals surface area contributed by atoms with E-state index in [9.17, 15) is 4.79 Å². The summed E-state index contributed by atoms with van der Waals surface area (Å²) in [4.78, 5) is 17.5. The predicted molar refractivity (Wildman–Crippen MR) is 59.0 cm³/mol. The maximum absolute atomic E-state index is 11.8. The first kappa shape index (κ1) is 9.71. The van der Waals surface area contributed by atoms with E-state index in [1.807, 2.05) is 25.1 Å². The Bertz CT molecular complexity index is 514. The van der Waals surface area contributed by atoms with Gasteiger partial charge < -0.3 is 4.90 Å². The van der Waals surface area contributed by atoms with Crippen molar-refractivity contribution in [3.8, 4) is 0 Å². The highest BCUT2D eigenvalue weighted by atomic mass is 16.2. The van der Waals surface area contributed by atoms with Crippen molar-refractivity contribution >= 4 is 17.1 Å². The molecule has 0 aliphatic heterocycles. The maximum atomic E-state index is 11.8. The molecule has 0 radical (unpaired) electrons. The van der Waals surface area contributed by atoms with Crippen LogP contribution in [0.5, 0.6) is 0 Å². The normalized spacial score (nSPS) is 10.6. The van der Waals surface area contributed by atoms with Crippen molar-refractivity contribution in [1.82, 2.24) is 14.5 Å². The minimum Gasteiger partial charge on any atom is -0.330 e. The number of imidazole rings is 1. The zero-order valence-corrected chi connectivity index (χ0v) is 9.06. The molecule has 0 bridgehead atoms. The van der Waals surface area contributed by atoms with E-state index in [2.05, 4.69) is 4.98 Å². The molecule has 15 heavy (non-hydrogen) atoms. The number of carbonyl (C=O) groups excluding carboxylic acids is 1. The molecule has 0 aliphatic carbocycles. The van der Waals surface area contributed by atoms with Crippen LogP contribution >= 0.6 is 0 Å². The van der Waals surface area contributed by atoms with Gasteiger partial charge in [0.2, 0.25) is 0 Å². The SMILES string of the molecule is Cc1cccc2c1ncn2C(=O)N(C)C. The van der Waals surface area contributed by atoms with E-state index in [1.54, 1.807) is 25.0 Å². The molecule has 4 heteroatoms. The van der Waals surface area contributed by atoms with Crippen LogP contribution in [0.2, 0.25) is 0 Å². The van der Waals surface area contributed by atoms with Gasteiger partial charge in [-0.15, -0.1) is 0 Å². The number of benzene rings is 1. The lowest BCUT2D eigenvalue weighted by Crippen LogP contribution is -2.26. The summed E-state index contributed by atoms with van der Waals surface area (Å²) in [5.74, 6) is 0. The van der Waals surface area contributed by atoms with Gasteiger partial charge in [0, 0.05) is 14.1 Å². The highest BCUT2D eigenvalue weighted by Gasteiger charge is 2.11. The molecule has 2 rings (SSSR count). The molecule has 1 amide bonds. The van der Waals surface area contributed by atoms with E-state index >= 15 is 0 Å². The van der Waals surface area contributed by atoms with Crippen molar-refractivity contribution in [1.29, 1.82) is 0 Å². The van der Waals surface area contributed by atoms with Crippen LogP contribution in [-0.4, -0.2) is 34.6 Å². The summed E-state index contributed by atoms with van der Waals surface area (Å²) in [5.41, 5.74) is 2.82. The van der Waals surface area contributed by atoms with Gasteiger partial charge in [0.15, 0.2) is 0 Å². The highest BCUT2D eigenvalue weighted by Crippen LogP contribution is 2.16. The topological polar surface area (TPSA) is 38.1 Å². The lowest BCUT2D eigenvalue weighted by Gasteiger charge is -2.10. The molecule has 1 aromatic carbocycles. The quantitative estimate of drug-likeness (QED) is 0.655. The average molecular weight is 203 g/mol. The molecule has 0 spiro atoms. The zero-order valence-electron chi connectivity index (χ0n) is 9.06. The van der Waals surface area contributed by atoms with Crippen LogP contribution in [0.15, 0.2) is 24.5 Å². The molecule has 0 aliphatic rings. The molecule has 2 aromatic rings. The van der Waals surface area contributed by atoms with Crippen molar-refractivity contribution in [2.45, 2.75) is 6.92 Å². The second-order valence-corrected chi connectivity index (χ2v) is 3.73. The van der Waals surface area contributed by atoms with E-state index in [1.165, 1.54) is 4.90 Å². The highest BCUT2D eigenvalue weighted by molar-refractivity contribution is 5.90. The molecule has 78 valence electrons. The van der Waals surface area contributed by atoms with Gasteiger partial charge in [0.05, 0.1) is 11.0 Å². The number of para-hydroxylation sites is 1. The molecule has 1 heterocycles. The molecular formula is C11H13N3O. The van der Waals surface area contributed by atoms with Crippen LogP contribution in [0.25, 0.3) is 11.0 Å². The van der Waals surface area contributed by atoms with Crippen molar-refractivity contribution in [3.05, 3.63) is 30.1 Å². The van der Waals surface area contributed by atoms with Gasteiger partial charge in [0.1, 0.15) is 6.33 Å². The molecule has 0 atom stereocenters. The van der Waals surface area contributed by atoms with E-state index in [4.69, 9.17) is 0 Å². The van der Waals surface area contributed by atoms with Crippen LogP contribution in [0.4, 0.5) is 4.79 Å². The average Bonchev–Trinajstić information content (AvgIpc) is 2.61. The van der Waals surface area contributed by atoms with E-state index < -0.39 is 0 Å². The van der Waals surface area contributed by atoms with Crippen LogP contribution in [-0.2, 0) is 0 Å². The number of amides is 1. The molecular weight excluding hydrogens is 190 g/mol. The van der Waals surface area contributed by atoms with Gasteiger partial charge in [-0.3, -0.25) is 4.57 Å². The Labute approximate surface area is 88.1 Å². The van der Waals surface area contributed by atoms with Crippen LogP contribution < -0.4 is 0 Å². The Morgan fingerprint density at radius 2 is 2.13 bits per heavy atom. The molecule has 1 aromatic heterocycles. The monoisotopic (exact) mass is 203 g/mol. The number of carbonyl (C=O) groups is 1. The van der Waals surface area contributed by atoms with Gasteiger partial charge in [-0.25, -0.2) is 9.78 Å². The Morgan fingerprint density at radius 3 is 2.80 bits per heavy atom. The summed E-state index contributed by atoms with van der Waals surface area (Å²) in [7, 11) is 3.45. The number of aryl methyl sites for hydroxylation is 1. The van der Waals surface area contributed by atoms with Crippen LogP contribution in [0, 0.1) is 6.92 Å². The Morgan fingerprint density at radius 1 is 1.40 bits per heavy atom. The third-order valence-electron chi connectivity index (χ3n) is 2.37. The lowest BCUT2D eigenvalue weighted by molar-refractivity contribution is 0.220. The molecule has 0 saturated heterocycles. The van der Waals surface area contributed by atoms with Crippen molar-refractivity contribution < 1.29 is 4.79 Å². The minimum absolute atomic E-state index is 0.0805. The summed E-state index contributed by atoms with van der Waals surface area (Å²) >= 11 is 0. The Kier molecular flexibility index (Phi) is 2.19. The first-order valence-electron chi connectivity index (χ1n) is 4.75. The fourth-order valence-electron chi connectivity index (χ4n) is 1.55. The first-order valence-corrected chi connectivity index (χ1v) is 4.75. The maximum Gasteiger partial charge on any atom is 0.329 e. The summed E-state index contributed by atoms with van der Waals surface area (Å²) in [6.45, 7) is 1.99. The van der Waals surface area contributed by atoms with Crippen molar-refractivity contribution in [2.75, 3.05) is 14.1 Å². The molecule has 0 N–H and O–H groups in total. The summed E-state index contributed by atoms with van der Waals surface area (Å²) < 4.78 is 1.56. The minimum atomic E-state index is -0.0805. The molecule has 0 saturated carbocycles. The second kappa shape index (κ2) is 3.38. The van der Waals surface area contributed by atoms with Gasteiger partial charge in [-0.1, -0.05) is 12.1 Å². The standard InChI is InChI=1S/C11H13N3O/c1-8-5-4-6-9-10(8)12-7-14(9)11(15)13(2)3/h4-7H,1-3H3. The van der Waals surface area contributed by atoms with Gasteiger partial charge in [0.25, 0.3) is 0 Å². The van der Waals surface area contributed by atoms with Gasteiger partial charge >= 0.3 is 6.03 Å². The van der Waals surface area contributed by atoms with Crippen LogP contribution in [0.1, 0.15) is 5.56 Å². The first-order chi connectivity index (χ1) is 7.11. The third-order valence-corrected chi connectivity index (χ3v) is 2.37. The van der Waals surface area contributed by atoms with Crippen molar-refractivity contribution in [3.63, 3.8) is 0 Å². The number of hydrogen-bond acceptors (Lipinski definition) is 2.